The first-order valence-electron chi connectivity index (χ1n) is 11.6. The highest BCUT2D eigenvalue weighted by atomic mass is 35.5. The van der Waals surface area contributed by atoms with Gasteiger partial charge in [0.25, 0.3) is 0 Å². The van der Waals surface area contributed by atoms with E-state index >= 15 is 0 Å². The number of amides is 2. The van der Waals surface area contributed by atoms with Crippen molar-refractivity contribution in [1.82, 2.24) is 10.2 Å². The molecule has 0 aliphatic heterocycles. The lowest BCUT2D eigenvalue weighted by Crippen LogP contribution is -2.49. The first-order chi connectivity index (χ1) is 17.0. The van der Waals surface area contributed by atoms with Crippen molar-refractivity contribution in [2.75, 3.05) is 20.8 Å². The number of likely N-dealkylation sites (N-methyl/N-ethyl adjacent to an activating group) is 1. The summed E-state index contributed by atoms with van der Waals surface area (Å²) in [5.41, 5.74) is 1.87. The summed E-state index contributed by atoms with van der Waals surface area (Å²) in [4.78, 5) is 28.1. The molecular formula is C28H31ClN2O4. The van der Waals surface area contributed by atoms with Gasteiger partial charge in [0.05, 0.1) is 13.7 Å². The first-order valence-corrected chi connectivity index (χ1v) is 11.9. The Morgan fingerprint density at radius 3 is 2.34 bits per heavy atom. The predicted molar refractivity (Wildman–Crippen MR) is 138 cm³/mol. The summed E-state index contributed by atoms with van der Waals surface area (Å²) in [5.74, 6) is 1.08. The lowest BCUT2D eigenvalue weighted by atomic mass is 10.0. The minimum atomic E-state index is -0.654. The van der Waals surface area contributed by atoms with E-state index in [-0.39, 0.29) is 18.2 Å². The van der Waals surface area contributed by atoms with Crippen LogP contribution >= 0.6 is 11.6 Å². The summed E-state index contributed by atoms with van der Waals surface area (Å²) < 4.78 is 11.1. The van der Waals surface area contributed by atoms with E-state index in [0.29, 0.717) is 42.5 Å². The van der Waals surface area contributed by atoms with Gasteiger partial charge in [-0.3, -0.25) is 9.59 Å². The lowest BCUT2D eigenvalue weighted by molar-refractivity contribution is -0.141. The van der Waals surface area contributed by atoms with Gasteiger partial charge in [-0.1, -0.05) is 54.1 Å². The number of halogens is 1. The van der Waals surface area contributed by atoms with Crippen LogP contribution in [-0.4, -0.2) is 43.5 Å². The highest BCUT2D eigenvalue weighted by molar-refractivity contribution is 6.30. The van der Waals surface area contributed by atoms with Crippen molar-refractivity contribution in [2.24, 2.45) is 0 Å². The smallest absolute Gasteiger partial charge is 0.242 e. The number of rotatable bonds is 12. The van der Waals surface area contributed by atoms with Gasteiger partial charge in [0, 0.05) is 31.5 Å². The van der Waals surface area contributed by atoms with Crippen LogP contribution in [0.5, 0.6) is 11.5 Å². The summed E-state index contributed by atoms with van der Waals surface area (Å²) in [5, 5.41) is 3.37. The molecule has 3 aromatic rings. The standard InChI is InChI=1S/C28H31ClN2O4/c1-30-28(33)26(19-21-8-4-3-5-9-21)31(20-22-10-6-11-25(18-22)34-2)27(32)12-7-17-35-24-15-13-23(29)14-16-24/h3-6,8-11,13-16,18,26H,7,12,17,19-20H2,1-2H3,(H,30,33)/t26-/m0/s1. The van der Waals surface area contributed by atoms with E-state index in [9.17, 15) is 9.59 Å². The monoisotopic (exact) mass is 494 g/mol. The Kier molecular flexibility index (Phi) is 9.99. The second-order valence-electron chi connectivity index (χ2n) is 8.10. The quantitative estimate of drug-likeness (QED) is 0.364. The topological polar surface area (TPSA) is 67.9 Å². The number of hydrogen-bond acceptors (Lipinski definition) is 4. The Morgan fingerprint density at radius 1 is 0.943 bits per heavy atom. The average molecular weight is 495 g/mol. The second-order valence-corrected chi connectivity index (χ2v) is 8.54. The zero-order chi connectivity index (χ0) is 25.0. The van der Waals surface area contributed by atoms with Gasteiger partial charge in [0.2, 0.25) is 11.8 Å². The normalized spacial score (nSPS) is 11.4. The maximum Gasteiger partial charge on any atom is 0.242 e. The van der Waals surface area contributed by atoms with E-state index in [0.717, 1.165) is 11.1 Å². The van der Waals surface area contributed by atoms with Crippen LogP contribution in [0.1, 0.15) is 24.0 Å². The van der Waals surface area contributed by atoms with E-state index in [1.54, 1.807) is 43.3 Å². The molecule has 3 rings (SSSR count). The molecule has 0 heterocycles. The Hall–Kier alpha value is -3.51. The summed E-state index contributed by atoms with van der Waals surface area (Å²) in [7, 11) is 3.19. The van der Waals surface area contributed by atoms with E-state index in [2.05, 4.69) is 5.32 Å². The van der Waals surface area contributed by atoms with Crippen molar-refractivity contribution in [3.05, 3.63) is 95.0 Å². The zero-order valence-electron chi connectivity index (χ0n) is 20.1. The Labute approximate surface area is 211 Å². The third-order valence-electron chi connectivity index (χ3n) is 5.62. The van der Waals surface area contributed by atoms with Crippen molar-refractivity contribution >= 4 is 23.4 Å². The maximum atomic E-state index is 13.5. The molecule has 1 atom stereocenters. The molecule has 1 N–H and O–H groups in total. The molecule has 0 bridgehead atoms. The number of nitrogens with one attached hydrogen (secondary N) is 1. The molecule has 0 saturated carbocycles. The molecular weight excluding hydrogens is 464 g/mol. The van der Waals surface area contributed by atoms with Crippen LogP contribution in [0.25, 0.3) is 0 Å². The third-order valence-corrected chi connectivity index (χ3v) is 5.87. The van der Waals surface area contributed by atoms with Crippen molar-refractivity contribution in [2.45, 2.75) is 31.8 Å². The van der Waals surface area contributed by atoms with E-state index in [4.69, 9.17) is 21.1 Å². The minimum Gasteiger partial charge on any atom is -0.497 e. The molecule has 0 aromatic heterocycles. The molecule has 0 aliphatic rings. The molecule has 0 fully saturated rings. The Bertz CT molecular complexity index is 1090. The summed E-state index contributed by atoms with van der Waals surface area (Å²) in [6.07, 6.45) is 1.18. The molecule has 184 valence electrons. The lowest BCUT2D eigenvalue weighted by Gasteiger charge is -2.31. The number of carbonyl (C=O) groups is 2. The Balaban J connectivity index is 1.75. The summed E-state index contributed by atoms with van der Waals surface area (Å²) in [6, 6.07) is 23.7. The molecule has 3 aromatic carbocycles. The van der Waals surface area contributed by atoms with Gasteiger partial charge < -0.3 is 19.7 Å². The molecule has 0 spiro atoms. The minimum absolute atomic E-state index is 0.114. The van der Waals surface area contributed by atoms with Gasteiger partial charge in [0.15, 0.2) is 0 Å². The number of ether oxygens (including phenoxy) is 2. The van der Waals surface area contributed by atoms with Crippen LogP contribution in [0.4, 0.5) is 0 Å². The molecule has 2 amide bonds. The fourth-order valence-electron chi connectivity index (χ4n) is 3.78. The highest BCUT2D eigenvalue weighted by Crippen LogP contribution is 2.20. The number of methoxy groups -OCH3 is 1. The first kappa shape index (κ1) is 26.1. The van der Waals surface area contributed by atoms with Crippen molar-refractivity contribution < 1.29 is 19.1 Å². The third kappa shape index (κ3) is 8.04. The van der Waals surface area contributed by atoms with Gasteiger partial charge in [-0.15, -0.1) is 0 Å². The molecule has 0 aliphatic carbocycles. The van der Waals surface area contributed by atoms with Gasteiger partial charge in [-0.2, -0.15) is 0 Å². The number of benzene rings is 3. The Morgan fingerprint density at radius 2 is 1.66 bits per heavy atom. The SMILES string of the molecule is CNC(=O)[C@H](Cc1ccccc1)N(Cc1cccc(OC)c1)C(=O)CCCOc1ccc(Cl)cc1. The van der Waals surface area contributed by atoms with E-state index < -0.39 is 6.04 Å². The summed E-state index contributed by atoms with van der Waals surface area (Å²) in [6.45, 7) is 0.669. The van der Waals surface area contributed by atoms with Crippen LogP contribution in [0.15, 0.2) is 78.9 Å². The molecule has 35 heavy (non-hydrogen) atoms. The van der Waals surface area contributed by atoms with Crippen molar-refractivity contribution in [1.29, 1.82) is 0 Å². The number of hydrogen-bond donors (Lipinski definition) is 1. The van der Waals surface area contributed by atoms with Crippen molar-refractivity contribution in [3.8, 4) is 11.5 Å². The van der Waals surface area contributed by atoms with Gasteiger partial charge in [-0.05, 0) is 53.9 Å². The maximum absolute atomic E-state index is 13.5. The number of carbonyl (C=O) groups excluding carboxylic acids is 2. The molecule has 7 heteroatoms. The average Bonchev–Trinajstić information content (AvgIpc) is 2.89. The fraction of sp³-hybridized carbons (Fsp3) is 0.286. The van der Waals surface area contributed by atoms with Crippen LogP contribution in [0.2, 0.25) is 5.02 Å². The predicted octanol–water partition coefficient (Wildman–Crippen LogP) is 4.89. The fourth-order valence-corrected chi connectivity index (χ4v) is 3.90. The van der Waals surface area contributed by atoms with Crippen LogP contribution < -0.4 is 14.8 Å². The largest absolute Gasteiger partial charge is 0.497 e. The molecule has 0 saturated heterocycles. The molecule has 0 unspecified atom stereocenters. The van der Waals surface area contributed by atoms with Crippen LogP contribution in [-0.2, 0) is 22.6 Å². The van der Waals surface area contributed by atoms with E-state index in [1.807, 2.05) is 54.6 Å². The van der Waals surface area contributed by atoms with Crippen LogP contribution in [0, 0.1) is 0 Å². The van der Waals surface area contributed by atoms with Gasteiger partial charge in [-0.25, -0.2) is 0 Å². The summed E-state index contributed by atoms with van der Waals surface area (Å²) >= 11 is 5.91. The van der Waals surface area contributed by atoms with Gasteiger partial charge in [0.1, 0.15) is 17.5 Å². The van der Waals surface area contributed by atoms with Crippen LogP contribution in [0.3, 0.4) is 0 Å². The van der Waals surface area contributed by atoms with Gasteiger partial charge >= 0.3 is 0 Å². The molecule has 6 nitrogen and oxygen atoms in total. The van der Waals surface area contributed by atoms with Crippen molar-refractivity contribution in [3.63, 3.8) is 0 Å². The second kappa shape index (κ2) is 13.4. The highest BCUT2D eigenvalue weighted by Gasteiger charge is 2.29. The zero-order valence-corrected chi connectivity index (χ0v) is 20.8. The number of nitrogens with zero attached hydrogens (tertiary/aromatic N) is 1. The molecule has 0 radical (unpaired) electrons. The van der Waals surface area contributed by atoms with E-state index in [1.165, 1.54) is 0 Å².